The summed E-state index contributed by atoms with van der Waals surface area (Å²) in [5, 5.41) is 0. The van der Waals surface area contributed by atoms with E-state index in [1.54, 1.807) is 0 Å². The Morgan fingerprint density at radius 1 is 0.875 bits per heavy atom. The van der Waals surface area contributed by atoms with Crippen LogP contribution in [-0.4, -0.2) is 4.98 Å². The van der Waals surface area contributed by atoms with Gasteiger partial charge in [-0.2, -0.15) is 0 Å². The molecule has 0 N–H and O–H groups in total. The number of benzene rings is 1. The van der Waals surface area contributed by atoms with Crippen LogP contribution < -0.4 is 0 Å². The fraction of sp³-hybridized carbons (Fsp3) is 0.522. The number of pyridine rings is 1. The highest BCUT2D eigenvalue weighted by Gasteiger charge is 2.52. The number of aromatic nitrogens is 1. The summed E-state index contributed by atoms with van der Waals surface area (Å²) in [4.78, 5) is 5.20. The summed E-state index contributed by atoms with van der Waals surface area (Å²) < 4.78 is 0. The van der Waals surface area contributed by atoms with Crippen molar-refractivity contribution in [3.05, 3.63) is 53.3 Å². The average molecular weight is 317 g/mol. The SMILES string of the molecule is Cc1cc(C23CC4CC(CC(C4)C2)C3)nc(C)c1-c1ccccc1. The molecule has 1 heteroatoms. The Balaban J connectivity index is 1.59. The first kappa shape index (κ1) is 14.7. The molecule has 6 rings (SSSR count). The van der Waals surface area contributed by atoms with E-state index in [1.165, 1.54) is 66.6 Å². The summed E-state index contributed by atoms with van der Waals surface area (Å²) in [6.07, 6.45) is 8.69. The molecule has 0 atom stereocenters. The highest BCUT2D eigenvalue weighted by atomic mass is 14.8. The summed E-state index contributed by atoms with van der Waals surface area (Å²) in [6.45, 7) is 4.49. The van der Waals surface area contributed by atoms with E-state index in [2.05, 4.69) is 50.2 Å². The Morgan fingerprint density at radius 2 is 1.46 bits per heavy atom. The number of hydrogen-bond acceptors (Lipinski definition) is 1. The van der Waals surface area contributed by atoms with Gasteiger partial charge in [0.05, 0.1) is 0 Å². The predicted octanol–water partition coefficient (Wildman–Crippen LogP) is 5.83. The molecule has 1 nitrogen and oxygen atoms in total. The zero-order chi connectivity index (χ0) is 16.3. The van der Waals surface area contributed by atoms with Crippen LogP contribution in [0.3, 0.4) is 0 Å². The lowest BCUT2D eigenvalue weighted by Crippen LogP contribution is -2.49. The summed E-state index contributed by atoms with van der Waals surface area (Å²) in [5.74, 6) is 2.94. The molecule has 124 valence electrons. The molecular weight excluding hydrogens is 290 g/mol. The third kappa shape index (κ3) is 2.17. The predicted molar refractivity (Wildman–Crippen MR) is 99.0 cm³/mol. The van der Waals surface area contributed by atoms with E-state index in [0.717, 1.165) is 17.8 Å². The number of nitrogens with zero attached hydrogens (tertiary/aromatic N) is 1. The quantitative estimate of drug-likeness (QED) is 0.678. The average Bonchev–Trinajstić information content (AvgIpc) is 2.54. The van der Waals surface area contributed by atoms with Gasteiger partial charge in [0.1, 0.15) is 0 Å². The van der Waals surface area contributed by atoms with Gasteiger partial charge in [-0.1, -0.05) is 30.3 Å². The van der Waals surface area contributed by atoms with Crippen LogP contribution in [0.15, 0.2) is 36.4 Å². The normalized spacial score (nSPS) is 33.8. The van der Waals surface area contributed by atoms with Gasteiger partial charge in [0, 0.05) is 22.4 Å². The fourth-order valence-electron chi connectivity index (χ4n) is 6.57. The van der Waals surface area contributed by atoms with Crippen molar-refractivity contribution in [2.45, 2.75) is 57.8 Å². The Morgan fingerprint density at radius 3 is 2.00 bits per heavy atom. The van der Waals surface area contributed by atoms with Crippen LogP contribution in [0.5, 0.6) is 0 Å². The molecule has 4 aliphatic carbocycles. The van der Waals surface area contributed by atoms with Crippen LogP contribution in [-0.2, 0) is 5.41 Å². The molecule has 4 aliphatic rings. The van der Waals surface area contributed by atoms with Gasteiger partial charge in [0.2, 0.25) is 0 Å². The van der Waals surface area contributed by atoms with Crippen LogP contribution in [0.4, 0.5) is 0 Å². The first-order valence-electron chi connectivity index (χ1n) is 9.67. The maximum absolute atomic E-state index is 5.20. The molecule has 4 bridgehead atoms. The van der Waals surface area contributed by atoms with Crippen LogP contribution in [0.25, 0.3) is 11.1 Å². The standard InChI is InChI=1S/C23H27N/c1-15-8-21(24-16(2)22(15)20-6-4-3-5-7-20)23-12-17-9-18(13-23)11-19(10-17)14-23/h3-8,17-19H,9-14H2,1-2H3. The summed E-state index contributed by atoms with van der Waals surface area (Å²) >= 11 is 0. The van der Waals surface area contributed by atoms with Crippen molar-refractivity contribution in [1.82, 2.24) is 4.98 Å². The smallest absolute Gasteiger partial charge is 0.0471 e. The third-order valence-electron chi connectivity index (χ3n) is 7.04. The maximum Gasteiger partial charge on any atom is 0.0471 e. The minimum Gasteiger partial charge on any atom is -0.257 e. The van der Waals surface area contributed by atoms with Crippen molar-refractivity contribution in [2.75, 3.05) is 0 Å². The van der Waals surface area contributed by atoms with Crippen LogP contribution >= 0.6 is 0 Å². The van der Waals surface area contributed by atoms with Gasteiger partial charge in [-0.3, -0.25) is 4.98 Å². The first-order chi connectivity index (χ1) is 11.6. The second kappa shape index (κ2) is 5.18. The molecule has 0 amide bonds. The second-order valence-corrected chi connectivity index (χ2v) is 8.85. The van der Waals surface area contributed by atoms with Crippen molar-refractivity contribution in [3.8, 4) is 11.1 Å². The molecule has 24 heavy (non-hydrogen) atoms. The van der Waals surface area contributed by atoms with Gasteiger partial charge in [-0.05, 0) is 87.3 Å². The highest BCUT2D eigenvalue weighted by molar-refractivity contribution is 5.69. The van der Waals surface area contributed by atoms with Crippen molar-refractivity contribution < 1.29 is 0 Å². The molecule has 4 saturated carbocycles. The van der Waals surface area contributed by atoms with E-state index in [1.807, 2.05) is 0 Å². The van der Waals surface area contributed by atoms with E-state index in [9.17, 15) is 0 Å². The summed E-state index contributed by atoms with van der Waals surface area (Å²) in [7, 11) is 0. The van der Waals surface area contributed by atoms with Crippen LogP contribution in [0, 0.1) is 31.6 Å². The maximum atomic E-state index is 5.20. The lowest BCUT2D eigenvalue weighted by molar-refractivity contribution is -0.00727. The number of rotatable bonds is 2. The highest BCUT2D eigenvalue weighted by Crippen LogP contribution is 2.60. The molecule has 1 aromatic heterocycles. The molecule has 1 aromatic carbocycles. The molecule has 0 saturated heterocycles. The zero-order valence-electron chi connectivity index (χ0n) is 14.9. The molecule has 4 fully saturated rings. The van der Waals surface area contributed by atoms with Gasteiger partial charge < -0.3 is 0 Å². The van der Waals surface area contributed by atoms with E-state index in [0.29, 0.717) is 5.41 Å². The third-order valence-corrected chi connectivity index (χ3v) is 7.04. The minimum absolute atomic E-state index is 0.402. The fourth-order valence-corrected chi connectivity index (χ4v) is 6.57. The van der Waals surface area contributed by atoms with Crippen LogP contribution in [0.2, 0.25) is 0 Å². The monoisotopic (exact) mass is 317 g/mol. The number of hydrogen-bond donors (Lipinski definition) is 0. The van der Waals surface area contributed by atoms with Gasteiger partial charge in [0.15, 0.2) is 0 Å². The topological polar surface area (TPSA) is 12.9 Å². The van der Waals surface area contributed by atoms with E-state index in [4.69, 9.17) is 4.98 Å². The van der Waals surface area contributed by atoms with E-state index < -0.39 is 0 Å². The lowest BCUT2D eigenvalue weighted by atomic mass is 9.48. The summed E-state index contributed by atoms with van der Waals surface area (Å²) in [6, 6.07) is 13.2. The van der Waals surface area contributed by atoms with Crippen molar-refractivity contribution >= 4 is 0 Å². The molecule has 1 heterocycles. The largest absolute Gasteiger partial charge is 0.257 e. The first-order valence-corrected chi connectivity index (χ1v) is 9.67. The van der Waals surface area contributed by atoms with Gasteiger partial charge in [0.25, 0.3) is 0 Å². The van der Waals surface area contributed by atoms with E-state index in [-0.39, 0.29) is 0 Å². The Labute approximate surface area is 145 Å². The Kier molecular flexibility index (Phi) is 3.17. The number of aryl methyl sites for hydroxylation is 2. The van der Waals surface area contributed by atoms with Crippen LogP contribution in [0.1, 0.15) is 55.5 Å². The zero-order valence-corrected chi connectivity index (χ0v) is 14.9. The van der Waals surface area contributed by atoms with E-state index >= 15 is 0 Å². The molecule has 0 spiro atoms. The van der Waals surface area contributed by atoms with Gasteiger partial charge >= 0.3 is 0 Å². The molecule has 0 aliphatic heterocycles. The van der Waals surface area contributed by atoms with Gasteiger partial charge in [-0.25, -0.2) is 0 Å². The molecule has 0 unspecified atom stereocenters. The lowest BCUT2D eigenvalue weighted by Gasteiger charge is -2.56. The Bertz CT molecular complexity index is 716. The van der Waals surface area contributed by atoms with Crippen molar-refractivity contribution in [3.63, 3.8) is 0 Å². The summed E-state index contributed by atoms with van der Waals surface area (Å²) in [5.41, 5.74) is 7.07. The molecular formula is C23H27N. The molecule has 2 aromatic rings. The second-order valence-electron chi connectivity index (χ2n) is 8.85. The Hall–Kier alpha value is -1.63. The minimum atomic E-state index is 0.402. The van der Waals surface area contributed by atoms with Crippen molar-refractivity contribution in [2.24, 2.45) is 17.8 Å². The molecule has 0 radical (unpaired) electrons. The van der Waals surface area contributed by atoms with Crippen molar-refractivity contribution in [1.29, 1.82) is 0 Å². The van der Waals surface area contributed by atoms with Gasteiger partial charge in [-0.15, -0.1) is 0 Å².